The molecule has 1 N–H and O–H groups in total. The van der Waals surface area contributed by atoms with Crippen LogP contribution in [0.15, 0.2) is 48.8 Å². The van der Waals surface area contributed by atoms with Gasteiger partial charge < -0.3 is 10.1 Å². The van der Waals surface area contributed by atoms with Gasteiger partial charge in [0.15, 0.2) is 0 Å². The van der Waals surface area contributed by atoms with Crippen molar-refractivity contribution in [2.45, 2.75) is 20.4 Å². The number of aromatic nitrogens is 1. The number of hydrogen-bond acceptors (Lipinski definition) is 3. The maximum absolute atomic E-state index is 11.9. The van der Waals surface area contributed by atoms with Gasteiger partial charge in [-0.1, -0.05) is 26.0 Å². The summed E-state index contributed by atoms with van der Waals surface area (Å²) >= 11 is 0. The smallest absolute Gasteiger partial charge is 0.253 e. The molecule has 0 aliphatic rings. The zero-order valence-electron chi connectivity index (χ0n) is 12.4. The zero-order chi connectivity index (χ0) is 15.1. The summed E-state index contributed by atoms with van der Waals surface area (Å²) in [6, 6.07) is 11.3. The van der Waals surface area contributed by atoms with E-state index in [2.05, 4.69) is 24.1 Å². The molecule has 0 bridgehead atoms. The number of benzene rings is 1. The minimum atomic E-state index is -0.122. The topological polar surface area (TPSA) is 51.2 Å². The first kappa shape index (κ1) is 15.0. The van der Waals surface area contributed by atoms with Crippen molar-refractivity contribution in [3.63, 3.8) is 0 Å². The zero-order valence-corrected chi connectivity index (χ0v) is 12.4. The van der Waals surface area contributed by atoms with Crippen molar-refractivity contribution in [2.24, 2.45) is 5.92 Å². The molecular weight excluding hydrogens is 264 g/mol. The second-order valence-corrected chi connectivity index (χ2v) is 5.27. The molecule has 0 aliphatic heterocycles. The van der Waals surface area contributed by atoms with Crippen molar-refractivity contribution in [1.82, 2.24) is 10.3 Å². The van der Waals surface area contributed by atoms with E-state index in [1.165, 1.54) is 0 Å². The number of amides is 1. The van der Waals surface area contributed by atoms with Gasteiger partial charge in [-0.2, -0.15) is 0 Å². The minimum absolute atomic E-state index is 0.122. The molecule has 0 aliphatic carbocycles. The molecular formula is C17H20N2O2. The SMILES string of the molecule is CC(C)COc1ccc(CNC(=O)c2cccnc2)cc1. The number of ether oxygens (including phenoxy) is 1. The summed E-state index contributed by atoms with van der Waals surface area (Å²) in [5.74, 6) is 1.23. The van der Waals surface area contributed by atoms with Gasteiger partial charge >= 0.3 is 0 Å². The highest BCUT2D eigenvalue weighted by Gasteiger charge is 2.04. The third kappa shape index (κ3) is 4.91. The monoisotopic (exact) mass is 284 g/mol. The van der Waals surface area contributed by atoms with Crippen molar-refractivity contribution < 1.29 is 9.53 Å². The summed E-state index contributed by atoms with van der Waals surface area (Å²) in [5, 5.41) is 2.87. The molecule has 0 radical (unpaired) electrons. The van der Waals surface area contributed by atoms with E-state index in [4.69, 9.17) is 4.74 Å². The number of pyridine rings is 1. The number of rotatable bonds is 6. The first-order chi connectivity index (χ1) is 10.1. The van der Waals surface area contributed by atoms with Crippen LogP contribution in [0.1, 0.15) is 29.8 Å². The lowest BCUT2D eigenvalue weighted by Crippen LogP contribution is -2.22. The van der Waals surface area contributed by atoms with Crippen LogP contribution < -0.4 is 10.1 Å². The predicted octanol–water partition coefficient (Wildman–Crippen LogP) is 3.05. The average Bonchev–Trinajstić information content (AvgIpc) is 2.52. The van der Waals surface area contributed by atoms with Crippen LogP contribution in [-0.4, -0.2) is 17.5 Å². The highest BCUT2D eigenvalue weighted by atomic mass is 16.5. The first-order valence-corrected chi connectivity index (χ1v) is 7.05. The van der Waals surface area contributed by atoms with Crippen LogP contribution in [0.5, 0.6) is 5.75 Å². The fourth-order valence-corrected chi connectivity index (χ4v) is 1.75. The fourth-order valence-electron chi connectivity index (χ4n) is 1.75. The lowest BCUT2D eigenvalue weighted by Gasteiger charge is -2.09. The van der Waals surface area contributed by atoms with Crippen LogP contribution in [0.4, 0.5) is 0 Å². The van der Waals surface area contributed by atoms with E-state index >= 15 is 0 Å². The third-order valence-electron chi connectivity index (χ3n) is 2.88. The van der Waals surface area contributed by atoms with Gasteiger partial charge in [0.1, 0.15) is 5.75 Å². The van der Waals surface area contributed by atoms with Crippen molar-refractivity contribution in [3.05, 3.63) is 59.9 Å². The molecule has 4 nitrogen and oxygen atoms in total. The van der Waals surface area contributed by atoms with Crippen LogP contribution in [-0.2, 0) is 6.54 Å². The van der Waals surface area contributed by atoms with Gasteiger partial charge in [-0.15, -0.1) is 0 Å². The summed E-state index contributed by atoms with van der Waals surface area (Å²) in [6.45, 7) is 5.42. The maximum atomic E-state index is 11.9. The number of hydrogen-bond donors (Lipinski definition) is 1. The van der Waals surface area contributed by atoms with Gasteiger partial charge in [-0.25, -0.2) is 0 Å². The van der Waals surface area contributed by atoms with Gasteiger partial charge in [0.05, 0.1) is 12.2 Å². The van der Waals surface area contributed by atoms with Crippen LogP contribution in [0.2, 0.25) is 0 Å². The van der Waals surface area contributed by atoms with Crippen LogP contribution in [0.3, 0.4) is 0 Å². The molecule has 0 saturated heterocycles. The molecule has 4 heteroatoms. The van der Waals surface area contributed by atoms with E-state index in [9.17, 15) is 4.79 Å². The summed E-state index contributed by atoms with van der Waals surface area (Å²) < 4.78 is 5.62. The Morgan fingerprint density at radius 2 is 2.00 bits per heavy atom. The van der Waals surface area contributed by atoms with Crippen LogP contribution in [0, 0.1) is 5.92 Å². The molecule has 1 heterocycles. The maximum Gasteiger partial charge on any atom is 0.253 e. The number of carbonyl (C=O) groups excluding carboxylic acids is 1. The Morgan fingerprint density at radius 3 is 2.62 bits per heavy atom. The van der Waals surface area contributed by atoms with Gasteiger partial charge in [-0.3, -0.25) is 9.78 Å². The Labute approximate surface area is 125 Å². The fraction of sp³-hybridized carbons (Fsp3) is 0.294. The quantitative estimate of drug-likeness (QED) is 0.887. The molecule has 110 valence electrons. The molecule has 2 aromatic rings. The standard InChI is InChI=1S/C17H20N2O2/c1-13(2)12-21-16-7-5-14(6-8-16)10-19-17(20)15-4-3-9-18-11-15/h3-9,11,13H,10,12H2,1-2H3,(H,19,20). The number of nitrogens with zero attached hydrogens (tertiary/aromatic N) is 1. The lowest BCUT2D eigenvalue weighted by atomic mass is 10.2. The van der Waals surface area contributed by atoms with Gasteiger partial charge in [0, 0.05) is 18.9 Å². The summed E-state index contributed by atoms with van der Waals surface area (Å²) in [4.78, 5) is 15.8. The molecule has 1 amide bonds. The molecule has 1 aromatic heterocycles. The van der Waals surface area contributed by atoms with Crippen LogP contribution >= 0.6 is 0 Å². The Bertz CT molecular complexity index is 565. The normalized spacial score (nSPS) is 10.4. The third-order valence-corrected chi connectivity index (χ3v) is 2.88. The molecule has 0 saturated carbocycles. The first-order valence-electron chi connectivity index (χ1n) is 7.05. The molecule has 2 rings (SSSR count). The van der Waals surface area contributed by atoms with Gasteiger partial charge in [0.25, 0.3) is 5.91 Å². The molecule has 0 fully saturated rings. The van der Waals surface area contributed by atoms with Crippen molar-refractivity contribution in [1.29, 1.82) is 0 Å². The Kier molecular flexibility index (Phi) is 5.32. The minimum Gasteiger partial charge on any atom is -0.493 e. The second kappa shape index (κ2) is 7.43. The van der Waals surface area contributed by atoms with Gasteiger partial charge in [0.2, 0.25) is 0 Å². The highest BCUT2D eigenvalue weighted by molar-refractivity contribution is 5.93. The summed E-state index contributed by atoms with van der Waals surface area (Å²) in [6.07, 6.45) is 3.20. The molecule has 21 heavy (non-hydrogen) atoms. The van der Waals surface area contributed by atoms with E-state index in [-0.39, 0.29) is 5.91 Å². The lowest BCUT2D eigenvalue weighted by molar-refractivity contribution is 0.0950. The van der Waals surface area contributed by atoms with E-state index in [0.29, 0.717) is 24.6 Å². The van der Waals surface area contributed by atoms with Crippen molar-refractivity contribution in [3.8, 4) is 5.75 Å². The van der Waals surface area contributed by atoms with Gasteiger partial charge in [-0.05, 0) is 35.7 Å². The van der Waals surface area contributed by atoms with Crippen LogP contribution in [0.25, 0.3) is 0 Å². The average molecular weight is 284 g/mol. The Morgan fingerprint density at radius 1 is 1.24 bits per heavy atom. The molecule has 1 aromatic carbocycles. The van der Waals surface area contributed by atoms with Crippen molar-refractivity contribution >= 4 is 5.91 Å². The van der Waals surface area contributed by atoms with E-state index in [1.807, 2.05) is 24.3 Å². The Balaban J connectivity index is 1.85. The number of nitrogens with one attached hydrogen (secondary N) is 1. The largest absolute Gasteiger partial charge is 0.493 e. The van der Waals surface area contributed by atoms with E-state index < -0.39 is 0 Å². The molecule has 0 spiro atoms. The number of carbonyl (C=O) groups is 1. The predicted molar refractivity (Wildman–Crippen MR) is 82.2 cm³/mol. The Hall–Kier alpha value is -2.36. The van der Waals surface area contributed by atoms with E-state index in [1.54, 1.807) is 24.5 Å². The summed E-state index contributed by atoms with van der Waals surface area (Å²) in [7, 11) is 0. The second-order valence-electron chi connectivity index (χ2n) is 5.27. The van der Waals surface area contributed by atoms with Crippen molar-refractivity contribution in [2.75, 3.05) is 6.61 Å². The highest BCUT2D eigenvalue weighted by Crippen LogP contribution is 2.13. The molecule has 0 atom stereocenters. The van der Waals surface area contributed by atoms with E-state index in [0.717, 1.165) is 11.3 Å². The molecule has 0 unspecified atom stereocenters. The summed E-state index contributed by atoms with van der Waals surface area (Å²) in [5.41, 5.74) is 1.60.